The van der Waals surface area contributed by atoms with Crippen LogP contribution >= 0.6 is 11.5 Å². The first-order valence-corrected chi connectivity index (χ1v) is 4.92. The molecule has 2 aromatic rings. The SMILES string of the molecule is CN(N)c1snnc1-c1ccccc1. The van der Waals surface area contributed by atoms with Crippen LogP contribution in [0.5, 0.6) is 0 Å². The number of hydrazine groups is 1. The van der Waals surface area contributed by atoms with Gasteiger partial charge in [-0.05, 0) is 0 Å². The van der Waals surface area contributed by atoms with Crippen LogP contribution in [0.1, 0.15) is 0 Å². The molecule has 2 N–H and O–H groups in total. The first-order valence-electron chi connectivity index (χ1n) is 4.15. The molecule has 0 atom stereocenters. The number of benzene rings is 1. The summed E-state index contributed by atoms with van der Waals surface area (Å²) in [6.07, 6.45) is 0. The van der Waals surface area contributed by atoms with Crippen LogP contribution in [0.25, 0.3) is 11.3 Å². The second kappa shape index (κ2) is 3.73. The molecule has 0 amide bonds. The molecule has 14 heavy (non-hydrogen) atoms. The summed E-state index contributed by atoms with van der Waals surface area (Å²) in [5, 5.41) is 6.46. The van der Waals surface area contributed by atoms with E-state index in [1.807, 2.05) is 30.3 Å². The summed E-state index contributed by atoms with van der Waals surface area (Å²) in [6.45, 7) is 0. The summed E-state index contributed by atoms with van der Waals surface area (Å²) >= 11 is 1.29. The summed E-state index contributed by atoms with van der Waals surface area (Å²) in [6, 6.07) is 9.88. The van der Waals surface area contributed by atoms with Gasteiger partial charge >= 0.3 is 0 Å². The van der Waals surface area contributed by atoms with Crippen LogP contribution in [0.15, 0.2) is 30.3 Å². The lowest BCUT2D eigenvalue weighted by atomic mass is 10.2. The average molecular weight is 206 g/mol. The third-order valence-electron chi connectivity index (χ3n) is 1.84. The van der Waals surface area contributed by atoms with Gasteiger partial charge in [-0.25, -0.2) is 5.84 Å². The van der Waals surface area contributed by atoms with E-state index in [0.29, 0.717) is 0 Å². The Bertz CT molecular complexity index is 410. The van der Waals surface area contributed by atoms with Gasteiger partial charge in [-0.1, -0.05) is 34.8 Å². The van der Waals surface area contributed by atoms with Crippen molar-refractivity contribution in [1.82, 2.24) is 9.59 Å². The lowest BCUT2D eigenvalue weighted by molar-refractivity contribution is 1.03. The monoisotopic (exact) mass is 206 g/mol. The lowest BCUT2D eigenvalue weighted by Gasteiger charge is -2.09. The topological polar surface area (TPSA) is 55.0 Å². The van der Waals surface area contributed by atoms with E-state index in [0.717, 1.165) is 16.3 Å². The smallest absolute Gasteiger partial charge is 0.154 e. The molecule has 0 bridgehead atoms. The fraction of sp³-hybridized carbons (Fsp3) is 0.111. The minimum Gasteiger partial charge on any atom is -0.302 e. The van der Waals surface area contributed by atoms with Gasteiger partial charge in [0.1, 0.15) is 5.69 Å². The zero-order valence-corrected chi connectivity index (χ0v) is 8.53. The fourth-order valence-electron chi connectivity index (χ4n) is 1.19. The zero-order valence-electron chi connectivity index (χ0n) is 7.71. The van der Waals surface area contributed by atoms with Crippen molar-refractivity contribution < 1.29 is 0 Å². The maximum atomic E-state index is 5.66. The second-order valence-electron chi connectivity index (χ2n) is 2.90. The van der Waals surface area contributed by atoms with Crippen LogP contribution in [-0.4, -0.2) is 16.6 Å². The highest BCUT2D eigenvalue weighted by atomic mass is 32.1. The molecule has 0 fully saturated rings. The molecular formula is C9H10N4S. The van der Waals surface area contributed by atoms with Crippen molar-refractivity contribution >= 4 is 16.5 Å². The van der Waals surface area contributed by atoms with Crippen LogP contribution in [0, 0.1) is 0 Å². The van der Waals surface area contributed by atoms with Gasteiger partial charge in [-0.15, -0.1) is 5.10 Å². The highest BCUT2D eigenvalue weighted by molar-refractivity contribution is 7.10. The summed E-state index contributed by atoms with van der Waals surface area (Å²) in [4.78, 5) is 0. The van der Waals surface area contributed by atoms with Crippen molar-refractivity contribution in [2.24, 2.45) is 5.84 Å². The number of nitrogens with two attached hydrogens (primary N) is 1. The van der Waals surface area contributed by atoms with Gasteiger partial charge in [0, 0.05) is 24.1 Å². The van der Waals surface area contributed by atoms with Crippen LogP contribution in [0.4, 0.5) is 5.00 Å². The molecule has 0 spiro atoms. The van der Waals surface area contributed by atoms with Crippen LogP contribution in [0.3, 0.4) is 0 Å². The minimum atomic E-state index is 0.834. The van der Waals surface area contributed by atoms with E-state index >= 15 is 0 Å². The Morgan fingerprint density at radius 3 is 2.64 bits per heavy atom. The first-order chi connectivity index (χ1) is 6.79. The van der Waals surface area contributed by atoms with E-state index in [9.17, 15) is 0 Å². The molecule has 1 aromatic carbocycles. The first kappa shape index (κ1) is 9.11. The normalized spacial score (nSPS) is 10.1. The largest absolute Gasteiger partial charge is 0.302 e. The molecule has 4 nitrogen and oxygen atoms in total. The van der Waals surface area contributed by atoms with Crippen molar-refractivity contribution in [2.45, 2.75) is 0 Å². The van der Waals surface area contributed by atoms with Crippen molar-refractivity contribution in [3.63, 3.8) is 0 Å². The average Bonchev–Trinajstić information content (AvgIpc) is 2.67. The van der Waals surface area contributed by atoms with E-state index < -0.39 is 0 Å². The highest BCUT2D eigenvalue weighted by Crippen LogP contribution is 2.29. The molecular weight excluding hydrogens is 196 g/mol. The quantitative estimate of drug-likeness (QED) is 0.598. The highest BCUT2D eigenvalue weighted by Gasteiger charge is 2.11. The van der Waals surface area contributed by atoms with Crippen LogP contribution in [-0.2, 0) is 0 Å². The molecule has 0 aliphatic heterocycles. The molecule has 1 heterocycles. The molecule has 1 aromatic heterocycles. The van der Waals surface area contributed by atoms with Crippen molar-refractivity contribution in [3.05, 3.63) is 30.3 Å². The summed E-state index contributed by atoms with van der Waals surface area (Å²) in [5.41, 5.74) is 1.87. The van der Waals surface area contributed by atoms with Gasteiger partial charge in [0.25, 0.3) is 0 Å². The molecule has 0 aliphatic carbocycles. The molecule has 0 saturated carbocycles. The van der Waals surface area contributed by atoms with Gasteiger partial charge < -0.3 is 5.01 Å². The summed E-state index contributed by atoms with van der Waals surface area (Å²) in [5.74, 6) is 5.66. The lowest BCUT2D eigenvalue weighted by Crippen LogP contribution is -2.24. The molecule has 0 unspecified atom stereocenters. The predicted molar refractivity (Wildman–Crippen MR) is 57.9 cm³/mol. The van der Waals surface area contributed by atoms with E-state index in [1.165, 1.54) is 16.5 Å². The zero-order chi connectivity index (χ0) is 9.97. The van der Waals surface area contributed by atoms with Gasteiger partial charge in [-0.3, -0.25) is 0 Å². The van der Waals surface area contributed by atoms with E-state index in [4.69, 9.17) is 5.84 Å². The molecule has 5 heteroatoms. The van der Waals surface area contributed by atoms with Gasteiger partial charge in [0.05, 0.1) is 0 Å². The summed E-state index contributed by atoms with van der Waals surface area (Å²) in [7, 11) is 1.78. The van der Waals surface area contributed by atoms with Crippen LogP contribution in [0.2, 0.25) is 0 Å². The molecule has 0 aliphatic rings. The van der Waals surface area contributed by atoms with Gasteiger partial charge in [0.2, 0.25) is 0 Å². The van der Waals surface area contributed by atoms with E-state index in [1.54, 1.807) is 7.05 Å². The van der Waals surface area contributed by atoms with Crippen LogP contribution < -0.4 is 10.9 Å². The van der Waals surface area contributed by atoms with Crippen molar-refractivity contribution in [3.8, 4) is 11.3 Å². The number of anilines is 1. The van der Waals surface area contributed by atoms with E-state index in [2.05, 4.69) is 9.59 Å². The Labute approximate surface area is 86.1 Å². The number of aromatic nitrogens is 2. The maximum Gasteiger partial charge on any atom is 0.154 e. The Kier molecular flexibility index (Phi) is 2.43. The number of hydrogen-bond donors (Lipinski definition) is 1. The maximum absolute atomic E-state index is 5.66. The molecule has 72 valence electrons. The Morgan fingerprint density at radius 2 is 2.00 bits per heavy atom. The number of rotatable bonds is 2. The third-order valence-corrected chi connectivity index (χ3v) is 2.66. The standard InChI is InChI=1S/C9H10N4S/c1-13(10)9-8(11-12-14-9)7-5-3-2-4-6-7/h2-6H,10H2,1H3. The number of nitrogens with zero attached hydrogens (tertiary/aromatic N) is 3. The fourth-order valence-corrected chi connectivity index (χ4v) is 1.77. The molecule has 0 radical (unpaired) electrons. The van der Waals surface area contributed by atoms with E-state index in [-0.39, 0.29) is 0 Å². The van der Waals surface area contributed by atoms with Gasteiger partial charge in [0.15, 0.2) is 5.00 Å². The summed E-state index contributed by atoms with van der Waals surface area (Å²) < 4.78 is 3.89. The Hall–Kier alpha value is -1.46. The third kappa shape index (κ3) is 1.59. The molecule has 2 rings (SSSR count). The second-order valence-corrected chi connectivity index (χ2v) is 3.64. The Balaban J connectivity index is 2.47. The molecule has 0 saturated heterocycles. The number of hydrogen-bond acceptors (Lipinski definition) is 5. The van der Waals surface area contributed by atoms with Gasteiger partial charge in [-0.2, -0.15) is 0 Å². The van der Waals surface area contributed by atoms with Crippen molar-refractivity contribution in [2.75, 3.05) is 12.1 Å². The minimum absolute atomic E-state index is 0.834. The Morgan fingerprint density at radius 1 is 1.29 bits per heavy atom. The van der Waals surface area contributed by atoms with Crippen molar-refractivity contribution in [1.29, 1.82) is 0 Å². The predicted octanol–water partition coefficient (Wildman–Crippen LogP) is 1.51.